The van der Waals surface area contributed by atoms with Crippen molar-refractivity contribution in [3.05, 3.63) is 49.9 Å². The number of carbonyl (C=O) groups is 1. The molecule has 0 saturated heterocycles. The maximum Gasteiger partial charge on any atom is 0.270 e. The van der Waals surface area contributed by atoms with Gasteiger partial charge in [0.2, 0.25) is 0 Å². The zero-order chi connectivity index (χ0) is 16.3. The topological polar surface area (TPSA) is 68.0 Å². The van der Waals surface area contributed by atoms with Crippen molar-refractivity contribution in [2.45, 2.75) is 25.8 Å². The Balaban J connectivity index is 2.11. The van der Waals surface area contributed by atoms with E-state index >= 15 is 0 Å². The second-order valence-electron chi connectivity index (χ2n) is 5.49. The van der Waals surface area contributed by atoms with Gasteiger partial charge in [0, 0.05) is 33.9 Å². The lowest BCUT2D eigenvalue weighted by atomic mass is 9.84. The molecule has 1 amide bonds. The van der Waals surface area contributed by atoms with Gasteiger partial charge in [0.05, 0.1) is 0 Å². The Morgan fingerprint density at radius 3 is 2.55 bits per heavy atom. The van der Waals surface area contributed by atoms with Gasteiger partial charge in [-0.1, -0.05) is 43.1 Å². The third-order valence-corrected chi connectivity index (χ3v) is 4.79. The summed E-state index contributed by atoms with van der Waals surface area (Å²) in [5, 5.41) is 6.49. The largest absolute Gasteiger partial charge is 0.350 e. The number of aromatic nitrogens is 1. The number of carbonyl (C=O) groups excluding carboxylic acids is 1. The Morgan fingerprint density at radius 1 is 1.36 bits per heavy atom. The van der Waals surface area contributed by atoms with Crippen LogP contribution in [0.4, 0.5) is 0 Å². The highest BCUT2D eigenvalue weighted by Crippen LogP contribution is 2.35. The van der Waals surface area contributed by atoms with Crippen molar-refractivity contribution in [2.24, 2.45) is 5.73 Å². The van der Waals surface area contributed by atoms with Gasteiger partial charge >= 0.3 is 0 Å². The van der Waals surface area contributed by atoms with Gasteiger partial charge in [0.15, 0.2) is 0 Å². The zero-order valence-corrected chi connectivity index (χ0v) is 14.6. The lowest BCUT2D eigenvalue weighted by Gasteiger charge is -2.27. The normalized spacial score (nSPS) is 11.5. The van der Waals surface area contributed by atoms with Gasteiger partial charge < -0.3 is 11.1 Å². The van der Waals surface area contributed by atoms with Crippen molar-refractivity contribution in [3.63, 3.8) is 0 Å². The zero-order valence-electron chi connectivity index (χ0n) is 12.3. The Kier molecular flexibility index (Phi) is 5.45. The molecule has 2 aromatic rings. The molecule has 1 aromatic heterocycles. The molecule has 0 aliphatic rings. The van der Waals surface area contributed by atoms with Crippen molar-refractivity contribution in [1.82, 2.24) is 10.3 Å². The number of hydrogen-bond donors (Lipinski definition) is 2. The van der Waals surface area contributed by atoms with Gasteiger partial charge in [-0.25, -0.2) is 4.98 Å². The Bertz CT molecular complexity index is 665. The van der Waals surface area contributed by atoms with E-state index in [2.05, 4.69) is 10.3 Å². The summed E-state index contributed by atoms with van der Waals surface area (Å²) in [6, 6.07) is 5.38. The highest BCUT2D eigenvalue weighted by atomic mass is 35.5. The first-order valence-corrected chi connectivity index (χ1v) is 8.36. The van der Waals surface area contributed by atoms with E-state index in [0.29, 0.717) is 28.8 Å². The molecule has 2 rings (SSSR count). The maximum absolute atomic E-state index is 12.1. The highest BCUT2D eigenvalue weighted by Gasteiger charge is 2.27. The molecule has 0 saturated carbocycles. The molecule has 0 fully saturated rings. The molecule has 0 bridgehead atoms. The third-order valence-electron chi connectivity index (χ3n) is 3.29. The smallest absolute Gasteiger partial charge is 0.270 e. The van der Waals surface area contributed by atoms with E-state index in [0.717, 1.165) is 10.6 Å². The summed E-state index contributed by atoms with van der Waals surface area (Å²) in [7, 11) is 0. The van der Waals surface area contributed by atoms with E-state index in [9.17, 15) is 4.79 Å². The van der Waals surface area contributed by atoms with E-state index in [1.165, 1.54) is 11.3 Å². The van der Waals surface area contributed by atoms with Crippen LogP contribution in [0.2, 0.25) is 10.0 Å². The van der Waals surface area contributed by atoms with Crippen LogP contribution < -0.4 is 11.1 Å². The van der Waals surface area contributed by atoms with Gasteiger partial charge in [-0.3, -0.25) is 4.79 Å². The molecule has 3 N–H and O–H groups in total. The molecule has 0 aliphatic heterocycles. The Hall–Kier alpha value is -1.14. The van der Waals surface area contributed by atoms with Crippen molar-refractivity contribution < 1.29 is 4.79 Å². The number of nitrogens with zero attached hydrogens (tertiary/aromatic N) is 1. The number of benzene rings is 1. The fraction of sp³-hybridized carbons (Fsp3) is 0.333. The molecule has 0 aliphatic carbocycles. The lowest BCUT2D eigenvalue weighted by molar-refractivity contribution is 0.0941. The standard InChI is InChI=1S/C15H17Cl2N3OS/c1-15(2,13-9(16)4-3-5-10(13)17)8-19-14(21)11-7-22-12(6-18)20-11/h3-5,7H,6,8,18H2,1-2H3,(H,19,21). The average molecular weight is 358 g/mol. The second kappa shape index (κ2) is 6.96. The first-order valence-electron chi connectivity index (χ1n) is 6.72. The molecule has 0 atom stereocenters. The second-order valence-corrected chi connectivity index (χ2v) is 7.25. The summed E-state index contributed by atoms with van der Waals surface area (Å²) in [5.41, 5.74) is 6.30. The fourth-order valence-electron chi connectivity index (χ4n) is 2.13. The molecule has 1 aromatic carbocycles. The van der Waals surface area contributed by atoms with Crippen LogP contribution in [-0.2, 0) is 12.0 Å². The molecule has 0 unspecified atom stereocenters. The number of thiazole rings is 1. The summed E-state index contributed by atoms with van der Waals surface area (Å²) >= 11 is 13.9. The van der Waals surface area contributed by atoms with Crippen molar-refractivity contribution in [1.29, 1.82) is 0 Å². The minimum Gasteiger partial charge on any atom is -0.350 e. The lowest BCUT2D eigenvalue weighted by Crippen LogP contribution is -2.37. The molecular weight excluding hydrogens is 341 g/mol. The molecule has 118 valence electrons. The number of nitrogens with two attached hydrogens (primary N) is 1. The minimum atomic E-state index is -0.405. The summed E-state index contributed by atoms with van der Waals surface area (Å²) in [6.07, 6.45) is 0. The third kappa shape index (κ3) is 3.79. The number of rotatable bonds is 5. The fourth-order valence-corrected chi connectivity index (χ4v) is 3.70. The van der Waals surface area contributed by atoms with Gasteiger partial charge in [-0.2, -0.15) is 0 Å². The molecule has 0 spiro atoms. The van der Waals surface area contributed by atoms with Crippen LogP contribution in [0.25, 0.3) is 0 Å². The maximum atomic E-state index is 12.1. The highest BCUT2D eigenvalue weighted by molar-refractivity contribution is 7.09. The molecule has 7 heteroatoms. The number of nitrogens with one attached hydrogen (secondary N) is 1. The van der Waals surface area contributed by atoms with E-state index in [4.69, 9.17) is 28.9 Å². The first kappa shape index (κ1) is 17.2. The van der Waals surface area contributed by atoms with Crippen molar-refractivity contribution in [2.75, 3.05) is 6.54 Å². The summed E-state index contributed by atoms with van der Waals surface area (Å²) in [4.78, 5) is 16.3. The van der Waals surface area contributed by atoms with Gasteiger partial charge in [-0.15, -0.1) is 11.3 Å². The summed E-state index contributed by atoms with van der Waals surface area (Å²) in [6.45, 7) is 4.68. The van der Waals surface area contributed by atoms with Gasteiger partial charge in [0.1, 0.15) is 10.7 Å². The number of halogens is 2. The van der Waals surface area contributed by atoms with Crippen LogP contribution in [0.3, 0.4) is 0 Å². The van der Waals surface area contributed by atoms with E-state index in [1.54, 1.807) is 23.6 Å². The van der Waals surface area contributed by atoms with Gasteiger partial charge in [-0.05, 0) is 17.7 Å². The van der Waals surface area contributed by atoms with Crippen molar-refractivity contribution in [3.8, 4) is 0 Å². The van der Waals surface area contributed by atoms with E-state index in [-0.39, 0.29) is 5.91 Å². The minimum absolute atomic E-state index is 0.229. The summed E-state index contributed by atoms with van der Waals surface area (Å²) < 4.78 is 0. The van der Waals surface area contributed by atoms with Crippen molar-refractivity contribution >= 4 is 40.4 Å². The van der Waals surface area contributed by atoms with Crippen LogP contribution in [0, 0.1) is 0 Å². The molecule has 22 heavy (non-hydrogen) atoms. The Labute approximate surface area is 143 Å². The number of hydrogen-bond acceptors (Lipinski definition) is 4. The average Bonchev–Trinajstić information content (AvgIpc) is 2.93. The predicted octanol–water partition coefficient (Wildman–Crippen LogP) is 3.62. The summed E-state index contributed by atoms with van der Waals surface area (Å²) in [5.74, 6) is -0.229. The Morgan fingerprint density at radius 2 is 2.00 bits per heavy atom. The van der Waals surface area contributed by atoms with Crippen LogP contribution in [-0.4, -0.2) is 17.4 Å². The number of amides is 1. The van der Waals surface area contributed by atoms with Crippen LogP contribution in [0.1, 0.15) is 34.9 Å². The van der Waals surface area contributed by atoms with Crippen LogP contribution >= 0.6 is 34.5 Å². The van der Waals surface area contributed by atoms with Crippen LogP contribution in [0.5, 0.6) is 0 Å². The SMILES string of the molecule is CC(C)(CNC(=O)c1csc(CN)n1)c1c(Cl)cccc1Cl. The quantitative estimate of drug-likeness (QED) is 0.858. The van der Waals surface area contributed by atoms with E-state index < -0.39 is 5.41 Å². The van der Waals surface area contributed by atoms with Crippen LogP contribution in [0.15, 0.2) is 23.6 Å². The molecular formula is C15H17Cl2N3OS. The predicted molar refractivity (Wildman–Crippen MR) is 91.8 cm³/mol. The van der Waals surface area contributed by atoms with Gasteiger partial charge in [0.25, 0.3) is 5.91 Å². The molecule has 4 nitrogen and oxygen atoms in total. The molecule has 1 heterocycles. The monoisotopic (exact) mass is 357 g/mol. The molecule has 0 radical (unpaired) electrons. The first-order chi connectivity index (χ1) is 10.3. The van der Waals surface area contributed by atoms with E-state index in [1.807, 2.05) is 13.8 Å².